The molecule has 1 N–H and O–H groups in total. The Hall–Kier alpha value is -2.33. The number of hydrogen-bond acceptors (Lipinski definition) is 3. The van der Waals surface area contributed by atoms with Crippen LogP contribution in [0.25, 0.3) is 11.0 Å². The third kappa shape index (κ3) is 3.02. The molecular formula is C20H24N4. The standard InChI is InChI=1S/C20H24N4/c1-16-7-9-17(10-8-16)15-24-19-6-3-2-5-18(19)22-20(24)23-13-4-11-21-12-14-23/h2-3,5-10,21H,4,11-15H2,1H3. The fraction of sp³-hybridized carbons (Fsp3) is 0.350. The Morgan fingerprint density at radius 2 is 1.83 bits per heavy atom. The molecule has 0 unspecified atom stereocenters. The van der Waals surface area contributed by atoms with Crippen molar-refractivity contribution in [3.05, 3.63) is 59.7 Å². The van der Waals surface area contributed by atoms with E-state index < -0.39 is 0 Å². The average Bonchev–Trinajstić information content (AvgIpc) is 2.78. The maximum absolute atomic E-state index is 4.95. The van der Waals surface area contributed by atoms with Crippen LogP contribution in [0, 0.1) is 6.92 Å². The zero-order valence-corrected chi connectivity index (χ0v) is 14.2. The van der Waals surface area contributed by atoms with E-state index in [4.69, 9.17) is 4.98 Å². The van der Waals surface area contributed by atoms with Gasteiger partial charge in [-0.15, -0.1) is 0 Å². The van der Waals surface area contributed by atoms with Gasteiger partial charge in [0.2, 0.25) is 5.95 Å². The molecule has 3 aromatic rings. The summed E-state index contributed by atoms with van der Waals surface area (Å²) in [5.74, 6) is 1.10. The Balaban J connectivity index is 1.76. The van der Waals surface area contributed by atoms with E-state index in [2.05, 4.69) is 70.2 Å². The highest BCUT2D eigenvalue weighted by molar-refractivity contribution is 5.79. The van der Waals surface area contributed by atoms with Gasteiger partial charge in [-0.2, -0.15) is 0 Å². The van der Waals surface area contributed by atoms with E-state index in [1.807, 2.05) is 0 Å². The number of anilines is 1. The smallest absolute Gasteiger partial charge is 0.206 e. The van der Waals surface area contributed by atoms with Gasteiger partial charge in [-0.05, 0) is 37.6 Å². The summed E-state index contributed by atoms with van der Waals surface area (Å²) < 4.78 is 2.37. The summed E-state index contributed by atoms with van der Waals surface area (Å²) in [4.78, 5) is 7.38. The largest absolute Gasteiger partial charge is 0.341 e. The molecule has 1 saturated heterocycles. The SMILES string of the molecule is Cc1ccc(Cn2c(N3CCCNCC3)nc3ccccc32)cc1. The molecule has 0 radical (unpaired) electrons. The van der Waals surface area contributed by atoms with Gasteiger partial charge < -0.3 is 14.8 Å². The van der Waals surface area contributed by atoms with E-state index in [-0.39, 0.29) is 0 Å². The molecule has 1 aliphatic rings. The lowest BCUT2D eigenvalue weighted by atomic mass is 10.1. The molecule has 4 nitrogen and oxygen atoms in total. The second kappa shape index (κ2) is 6.65. The Morgan fingerprint density at radius 3 is 2.71 bits per heavy atom. The quantitative estimate of drug-likeness (QED) is 0.804. The second-order valence-electron chi connectivity index (χ2n) is 6.56. The first-order valence-electron chi connectivity index (χ1n) is 8.78. The molecule has 1 aliphatic heterocycles. The van der Waals surface area contributed by atoms with Gasteiger partial charge in [0.25, 0.3) is 0 Å². The number of aryl methyl sites for hydroxylation is 1. The lowest BCUT2D eigenvalue weighted by Gasteiger charge is -2.22. The molecule has 0 amide bonds. The maximum atomic E-state index is 4.95. The van der Waals surface area contributed by atoms with Gasteiger partial charge in [0.15, 0.2) is 0 Å². The molecule has 2 heterocycles. The molecule has 0 bridgehead atoms. The first kappa shape index (κ1) is 15.2. The number of fused-ring (bicyclic) bond motifs is 1. The van der Waals surface area contributed by atoms with E-state index in [1.165, 1.54) is 16.6 Å². The Labute approximate surface area is 143 Å². The predicted octanol–water partition coefficient (Wildman–Crippen LogP) is 3.19. The Kier molecular flexibility index (Phi) is 4.22. The molecule has 24 heavy (non-hydrogen) atoms. The fourth-order valence-electron chi connectivity index (χ4n) is 3.38. The number of hydrogen-bond donors (Lipinski definition) is 1. The van der Waals surface area contributed by atoms with Gasteiger partial charge >= 0.3 is 0 Å². The zero-order chi connectivity index (χ0) is 16.4. The van der Waals surface area contributed by atoms with Crippen LogP contribution in [0.5, 0.6) is 0 Å². The monoisotopic (exact) mass is 320 g/mol. The van der Waals surface area contributed by atoms with Crippen molar-refractivity contribution in [2.24, 2.45) is 0 Å². The highest BCUT2D eigenvalue weighted by Gasteiger charge is 2.18. The van der Waals surface area contributed by atoms with Crippen LogP contribution in [0.1, 0.15) is 17.5 Å². The molecule has 2 aromatic carbocycles. The second-order valence-corrected chi connectivity index (χ2v) is 6.56. The van der Waals surface area contributed by atoms with Crippen LogP contribution < -0.4 is 10.2 Å². The molecule has 1 fully saturated rings. The van der Waals surface area contributed by atoms with Gasteiger partial charge in [-0.1, -0.05) is 42.0 Å². The first-order valence-corrected chi connectivity index (χ1v) is 8.78. The number of para-hydroxylation sites is 2. The molecule has 4 heteroatoms. The van der Waals surface area contributed by atoms with Crippen molar-refractivity contribution in [2.75, 3.05) is 31.1 Å². The third-order valence-corrected chi connectivity index (χ3v) is 4.72. The maximum Gasteiger partial charge on any atom is 0.206 e. The van der Waals surface area contributed by atoms with Crippen LogP contribution in [0.3, 0.4) is 0 Å². The Morgan fingerprint density at radius 1 is 1.00 bits per heavy atom. The van der Waals surface area contributed by atoms with Gasteiger partial charge in [0, 0.05) is 19.6 Å². The minimum absolute atomic E-state index is 0.861. The lowest BCUT2D eigenvalue weighted by molar-refractivity contribution is 0.721. The molecule has 0 aliphatic carbocycles. The first-order chi connectivity index (χ1) is 11.8. The number of imidazole rings is 1. The van der Waals surface area contributed by atoms with Crippen molar-refractivity contribution in [1.29, 1.82) is 0 Å². The van der Waals surface area contributed by atoms with Crippen LogP contribution in [0.4, 0.5) is 5.95 Å². The summed E-state index contributed by atoms with van der Waals surface area (Å²) in [7, 11) is 0. The van der Waals surface area contributed by atoms with Gasteiger partial charge in [-0.3, -0.25) is 0 Å². The minimum atomic E-state index is 0.861. The van der Waals surface area contributed by atoms with E-state index in [0.717, 1.165) is 50.6 Å². The highest BCUT2D eigenvalue weighted by atomic mass is 15.3. The van der Waals surface area contributed by atoms with Crippen molar-refractivity contribution in [2.45, 2.75) is 19.9 Å². The van der Waals surface area contributed by atoms with Gasteiger partial charge in [-0.25, -0.2) is 4.98 Å². The normalized spacial score (nSPS) is 15.6. The summed E-state index contributed by atoms with van der Waals surface area (Å²) >= 11 is 0. The number of aromatic nitrogens is 2. The van der Waals surface area contributed by atoms with E-state index >= 15 is 0 Å². The fourth-order valence-corrected chi connectivity index (χ4v) is 3.38. The van der Waals surface area contributed by atoms with Crippen molar-refractivity contribution < 1.29 is 0 Å². The van der Waals surface area contributed by atoms with E-state index in [0.29, 0.717) is 0 Å². The van der Waals surface area contributed by atoms with Crippen LogP contribution in [0.2, 0.25) is 0 Å². The highest BCUT2D eigenvalue weighted by Crippen LogP contribution is 2.24. The van der Waals surface area contributed by atoms with Gasteiger partial charge in [0.1, 0.15) is 0 Å². The molecule has 0 spiro atoms. The summed E-state index contributed by atoms with van der Waals surface area (Å²) in [5, 5.41) is 3.48. The number of nitrogens with one attached hydrogen (secondary N) is 1. The predicted molar refractivity (Wildman–Crippen MR) is 99.7 cm³/mol. The summed E-state index contributed by atoms with van der Waals surface area (Å²) in [6.45, 7) is 7.18. The molecule has 124 valence electrons. The number of rotatable bonds is 3. The molecule has 0 atom stereocenters. The van der Waals surface area contributed by atoms with Crippen LogP contribution in [-0.2, 0) is 6.54 Å². The molecule has 0 saturated carbocycles. The zero-order valence-electron chi connectivity index (χ0n) is 14.2. The van der Waals surface area contributed by atoms with Crippen LogP contribution in [-0.4, -0.2) is 35.7 Å². The van der Waals surface area contributed by atoms with E-state index in [9.17, 15) is 0 Å². The van der Waals surface area contributed by atoms with Crippen molar-refractivity contribution >= 4 is 17.0 Å². The summed E-state index contributed by atoms with van der Waals surface area (Å²) in [5.41, 5.74) is 4.91. The Bertz CT molecular complexity index is 811. The molecular weight excluding hydrogens is 296 g/mol. The molecule has 1 aromatic heterocycles. The van der Waals surface area contributed by atoms with Crippen molar-refractivity contribution in [3.63, 3.8) is 0 Å². The number of nitrogens with zero attached hydrogens (tertiary/aromatic N) is 3. The van der Waals surface area contributed by atoms with Crippen molar-refractivity contribution in [3.8, 4) is 0 Å². The van der Waals surface area contributed by atoms with Crippen LogP contribution in [0.15, 0.2) is 48.5 Å². The van der Waals surface area contributed by atoms with Crippen molar-refractivity contribution in [1.82, 2.24) is 14.9 Å². The van der Waals surface area contributed by atoms with Gasteiger partial charge in [0.05, 0.1) is 17.6 Å². The average molecular weight is 320 g/mol. The molecule has 4 rings (SSSR count). The lowest BCUT2D eigenvalue weighted by Crippen LogP contribution is -2.30. The number of benzene rings is 2. The topological polar surface area (TPSA) is 33.1 Å². The summed E-state index contributed by atoms with van der Waals surface area (Å²) in [6, 6.07) is 17.3. The van der Waals surface area contributed by atoms with E-state index in [1.54, 1.807) is 0 Å². The van der Waals surface area contributed by atoms with Crippen LogP contribution >= 0.6 is 0 Å². The third-order valence-electron chi connectivity index (χ3n) is 4.72. The summed E-state index contributed by atoms with van der Waals surface area (Å²) in [6.07, 6.45) is 1.16. The minimum Gasteiger partial charge on any atom is -0.341 e.